The Morgan fingerprint density at radius 2 is 2.10 bits per heavy atom. The van der Waals surface area contributed by atoms with Crippen LogP contribution in [0, 0.1) is 11.7 Å². The third-order valence-corrected chi connectivity index (χ3v) is 5.99. The van der Waals surface area contributed by atoms with Gasteiger partial charge < -0.3 is 5.32 Å². The van der Waals surface area contributed by atoms with E-state index in [1.54, 1.807) is 20.0 Å². The second-order valence-corrected chi connectivity index (χ2v) is 7.45. The second kappa shape index (κ2) is 6.85. The fraction of sp³-hybridized carbons (Fsp3) is 0.600. The maximum absolute atomic E-state index is 14.0. The fourth-order valence-corrected chi connectivity index (χ4v) is 4.20. The molecule has 0 spiro atoms. The van der Waals surface area contributed by atoms with Crippen molar-refractivity contribution in [2.75, 3.05) is 20.1 Å². The zero-order valence-corrected chi connectivity index (χ0v) is 13.4. The number of benzene rings is 1. The minimum atomic E-state index is -3.76. The minimum absolute atomic E-state index is 0.212. The van der Waals surface area contributed by atoms with Crippen LogP contribution in [0.3, 0.4) is 0 Å². The number of hydrogen-bond donors (Lipinski definition) is 1. The van der Waals surface area contributed by atoms with Gasteiger partial charge in [-0.2, -0.15) is 4.31 Å². The van der Waals surface area contributed by atoms with Gasteiger partial charge in [-0.25, -0.2) is 12.8 Å². The highest BCUT2D eigenvalue weighted by Gasteiger charge is 2.30. The molecule has 0 radical (unpaired) electrons. The molecule has 4 nitrogen and oxygen atoms in total. The number of rotatable bonds is 7. The molecule has 0 amide bonds. The Bertz CT molecular complexity index is 585. The molecule has 0 unspecified atom stereocenters. The van der Waals surface area contributed by atoms with Gasteiger partial charge in [0.1, 0.15) is 10.7 Å². The van der Waals surface area contributed by atoms with Crippen LogP contribution >= 0.6 is 0 Å². The molecule has 0 atom stereocenters. The maximum Gasteiger partial charge on any atom is 0.245 e. The second-order valence-electron chi connectivity index (χ2n) is 5.55. The summed E-state index contributed by atoms with van der Waals surface area (Å²) in [7, 11) is -1.99. The van der Waals surface area contributed by atoms with E-state index >= 15 is 0 Å². The highest BCUT2D eigenvalue weighted by molar-refractivity contribution is 7.89. The first-order valence-corrected chi connectivity index (χ1v) is 8.86. The van der Waals surface area contributed by atoms with Crippen LogP contribution in [0.25, 0.3) is 0 Å². The van der Waals surface area contributed by atoms with Crippen LogP contribution in [0.2, 0.25) is 0 Å². The van der Waals surface area contributed by atoms with Crippen LogP contribution in [0.5, 0.6) is 0 Å². The van der Waals surface area contributed by atoms with E-state index in [9.17, 15) is 12.8 Å². The van der Waals surface area contributed by atoms with Gasteiger partial charge >= 0.3 is 0 Å². The predicted molar refractivity (Wildman–Crippen MR) is 80.9 cm³/mol. The van der Waals surface area contributed by atoms with Gasteiger partial charge in [-0.05, 0) is 43.5 Å². The van der Waals surface area contributed by atoms with Crippen molar-refractivity contribution in [1.29, 1.82) is 0 Å². The summed E-state index contributed by atoms with van der Waals surface area (Å²) in [4.78, 5) is -0.212. The van der Waals surface area contributed by atoms with Crippen molar-refractivity contribution in [3.8, 4) is 0 Å². The molecule has 0 saturated heterocycles. The van der Waals surface area contributed by atoms with Crippen molar-refractivity contribution in [2.24, 2.45) is 5.92 Å². The Balaban J connectivity index is 2.29. The molecule has 2 rings (SSSR count). The summed E-state index contributed by atoms with van der Waals surface area (Å²) >= 11 is 0. The van der Waals surface area contributed by atoms with E-state index in [1.165, 1.54) is 16.4 Å². The third-order valence-electron chi connectivity index (χ3n) is 4.03. The molecule has 0 aliphatic heterocycles. The Labute approximate surface area is 126 Å². The Morgan fingerprint density at radius 3 is 2.62 bits per heavy atom. The molecular formula is C15H23FN2O2S. The average molecular weight is 314 g/mol. The third kappa shape index (κ3) is 3.62. The Morgan fingerprint density at radius 1 is 1.38 bits per heavy atom. The van der Waals surface area contributed by atoms with Crippen molar-refractivity contribution >= 4 is 10.0 Å². The topological polar surface area (TPSA) is 49.4 Å². The summed E-state index contributed by atoms with van der Waals surface area (Å²) in [6.45, 7) is 3.17. The summed E-state index contributed by atoms with van der Waals surface area (Å²) < 4.78 is 40.8. The maximum atomic E-state index is 14.0. The van der Waals surface area contributed by atoms with Crippen molar-refractivity contribution in [3.63, 3.8) is 0 Å². The molecule has 1 N–H and O–H groups in total. The van der Waals surface area contributed by atoms with E-state index in [0.29, 0.717) is 25.6 Å². The van der Waals surface area contributed by atoms with Gasteiger partial charge in [-0.3, -0.25) is 0 Å². The average Bonchev–Trinajstić information content (AvgIpc) is 2.39. The number of nitrogens with one attached hydrogen (secondary N) is 1. The van der Waals surface area contributed by atoms with E-state index in [0.717, 1.165) is 24.8 Å². The van der Waals surface area contributed by atoms with Crippen LogP contribution in [0.15, 0.2) is 23.1 Å². The molecule has 1 aromatic carbocycles. The van der Waals surface area contributed by atoms with E-state index in [4.69, 9.17) is 0 Å². The van der Waals surface area contributed by atoms with E-state index in [2.05, 4.69) is 5.32 Å². The fourth-order valence-electron chi connectivity index (χ4n) is 2.56. The van der Waals surface area contributed by atoms with Gasteiger partial charge in [0.15, 0.2) is 0 Å². The number of hydrogen-bond acceptors (Lipinski definition) is 3. The summed E-state index contributed by atoms with van der Waals surface area (Å²) in [6, 6.07) is 4.27. The lowest BCUT2D eigenvalue weighted by Crippen LogP contribution is -2.37. The molecule has 1 fully saturated rings. The SMILES string of the molecule is CCN(CC1CCC1)S(=O)(=O)c1cc(CNC)ccc1F. The molecule has 118 valence electrons. The molecule has 1 aromatic rings. The molecule has 0 heterocycles. The molecule has 0 bridgehead atoms. The van der Waals surface area contributed by atoms with Crippen molar-refractivity contribution in [3.05, 3.63) is 29.6 Å². The van der Waals surface area contributed by atoms with Crippen LogP contribution in [-0.2, 0) is 16.6 Å². The molecule has 6 heteroatoms. The standard InChI is InChI=1S/C15H23FN2O2S/c1-3-18(11-12-5-4-6-12)21(19,20)15-9-13(10-17-2)7-8-14(15)16/h7-9,12,17H,3-6,10-11H2,1-2H3. The first-order valence-electron chi connectivity index (χ1n) is 7.42. The lowest BCUT2D eigenvalue weighted by molar-refractivity contribution is 0.249. The Kier molecular flexibility index (Phi) is 5.35. The van der Waals surface area contributed by atoms with E-state index in [-0.39, 0.29) is 4.90 Å². The number of sulfonamides is 1. The number of nitrogens with zero attached hydrogens (tertiary/aromatic N) is 1. The smallest absolute Gasteiger partial charge is 0.245 e. The van der Waals surface area contributed by atoms with Gasteiger partial charge in [0.2, 0.25) is 10.0 Å². The molecule has 1 aliphatic carbocycles. The first-order chi connectivity index (χ1) is 9.98. The molecule has 0 aromatic heterocycles. The summed E-state index contributed by atoms with van der Waals surface area (Å²) in [6.07, 6.45) is 3.29. The van der Waals surface area contributed by atoms with E-state index in [1.807, 2.05) is 0 Å². The zero-order chi connectivity index (χ0) is 15.5. The zero-order valence-electron chi connectivity index (χ0n) is 12.6. The molecule has 1 saturated carbocycles. The highest BCUT2D eigenvalue weighted by Crippen LogP contribution is 2.29. The van der Waals surface area contributed by atoms with Crippen LogP contribution < -0.4 is 5.32 Å². The predicted octanol–water partition coefficient (Wildman–Crippen LogP) is 2.36. The minimum Gasteiger partial charge on any atom is -0.316 e. The van der Waals surface area contributed by atoms with E-state index < -0.39 is 15.8 Å². The van der Waals surface area contributed by atoms with Crippen molar-refractivity contribution in [2.45, 2.75) is 37.6 Å². The Hall–Kier alpha value is -0.980. The van der Waals surface area contributed by atoms with Crippen LogP contribution in [-0.4, -0.2) is 32.9 Å². The van der Waals surface area contributed by atoms with Crippen LogP contribution in [0.4, 0.5) is 4.39 Å². The van der Waals surface area contributed by atoms with Gasteiger partial charge in [-0.15, -0.1) is 0 Å². The quantitative estimate of drug-likeness (QED) is 0.840. The van der Waals surface area contributed by atoms with Gasteiger partial charge in [0, 0.05) is 19.6 Å². The first kappa shape index (κ1) is 16.4. The normalized spacial score (nSPS) is 16.2. The van der Waals surface area contributed by atoms with Crippen LogP contribution in [0.1, 0.15) is 31.7 Å². The largest absolute Gasteiger partial charge is 0.316 e. The lowest BCUT2D eigenvalue weighted by atomic mass is 9.85. The van der Waals surface area contributed by atoms with Gasteiger partial charge in [-0.1, -0.05) is 19.4 Å². The van der Waals surface area contributed by atoms with Gasteiger partial charge in [0.05, 0.1) is 0 Å². The lowest BCUT2D eigenvalue weighted by Gasteiger charge is -2.31. The number of halogens is 1. The molecule has 21 heavy (non-hydrogen) atoms. The monoisotopic (exact) mass is 314 g/mol. The summed E-state index contributed by atoms with van der Waals surface area (Å²) in [5, 5.41) is 2.94. The summed E-state index contributed by atoms with van der Waals surface area (Å²) in [5.74, 6) is -0.259. The highest BCUT2D eigenvalue weighted by atomic mass is 32.2. The summed E-state index contributed by atoms with van der Waals surface area (Å²) in [5.41, 5.74) is 0.761. The van der Waals surface area contributed by atoms with Crippen molar-refractivity contribution < 1.29 is 12.8 Å². The van der Waals surface area contributed by atoms with Crippen molar-refractivity contribution in [1.82, 2.24) is 9.62 Å². The molecular weight excluding hydrogens is 291 g/mol. The molecule has 1 aliphatic rings. The van der Waals surface area contributed by atoms with Gasteiger partial charge in [0.25, 0.3) is 0 Å².